The SMILES string of the molecule is O=C(NCCCn1cccn1)NCCN1CCc2ccccc2C1. The van der Waals surface area contributed by atoms with Crippen molar-refractivity contribution in [2.45, 2.75) is 25.9 Å². The van der Waals surface area contributed by atoms with Gasteiger partial charge in [-0.25, -0.2) is 4.79 Å². The summed E-state index contributed by atoms with van der Waals surface area (Å²) in [7, 11) is 0. The zero-order chi connectivity index (χ0) is 16.6. The Morgan fingerprint density at radius 2 is 1.92 bits per heavy atom. The lowest BCUT2D eigenvalue weighted by Crippen LogP contribution is -2.42. The van der Waals surface area contributed by atoms with Gasteiger partial charge in [-0.1, -0.05) is 24.3 Å². The molecule has 2 aromatic rings. The Morgan fingerprint density at radius 1 is 1.08 bits per heavy atom. The smallest absolute Gasteiger partial charge is 0.314 e. The van der Waals surface area contributed by atoms with Crippen LogP contribution in [0, 0.1) is 0 Å². The summed E-state index contributed by atoms with van der Waals surface area (Å²) in [6.45, 7) is 5.07. The van der Waals surface area contributed by atoms with Crippen LogP contribution in [0.1, 0.15) is 17.5 Å². The molecule has 1 aromatic heterocycles. The molecule has 0 radical (unpaired) electrons. The molecule has 24 heavy (non-hydrogen) atoms. The summed E-state index contributed by atoms with van der Waals surface area (Å²) in [5.41, 5.74) is 2.86. The second-order valence-electron chi connectivity index (χ2n) is 6.10. The normalized spacial score (nSPS) is 14.2. The highest BCUT2D eigenvalue weighted by atomic mass is 16.2. The Kier molecular flexibility index (Phi) is 5.85. The molecule has 3 rings (SSSR count). The summed E-state index contributed by atoms with van der Waals surface area (Å²) in [4.78, 5) is 14.2. The molecule has 0 bridgehead atoms. The maximum absolute atomic E-state index is 11.8. The van der Waals surface area contributed by atoms with Gasteiger partial charge in [0.1, 0.15) is 0 Å². The number of aryl methyl sites for hydroxylation is 1. The molecular formula is C18H25N5O. The molecule has 6 nitrogen and oxygen atoms in total. The maximum atomic E-state index is 11.8. The number of aromatic nitrogens is 2. The summed E-state index contributed by atoms with van der Waals surface area (Å²) in [5.74, 6) is 0. The molecule has 1 aliphatic heterocycles. The van der Waals surface area contributed by atoms with Gasteiger partial charge < -0.3 is 10.6 Å². The number of carbonyl (C=O) groups is 1. The van der Waals surface area contributed by atoms with Crippen molar-refractivity contribution in [2.24, 2.45) is 0 Å². The first-order chi connectivity index (χ1) is 11.8. The molecule has 0 saturated carbocycles. The zero-order valence-corrected chi connectivity index (χ0v) is 13.9. The molecule has 128 valence electrons. The molecule has 0 fully saturated rings. The van der Waals surface area contributed by atoms with Crippen molar-refractivity contribution in [2.75, 3.05) is 26.2 Å². The van der Waals surface area contributed by atoms with Gasteiger partial charge in [0.15, 0.2) is 0 Å². The van der Waals surface area contributed by atoms with Gasteiger partial charge in [0, 0.05) is 51.7 Å². The summed E-state index contributed by atoms with van der Waals surface area (Å²) in [5, 5.41) is 9.96. The molecule has 2 N–H and O–H groups in total. The minimum Gasteiger partial charge on any atom is -0.338 e. The van der Waals surface area contributed by atoms with Crippen LogP contribution in [0.15, 0.2) is 42.7 Å². The van der Waals surface area contributed by atoms with Crippen LogP contribution in [0.3, 0.4) is 0 Å². The van der Waals surface area contributed by atoms with Crippen molar-refractivity contribution in [3.63, 3.8) is 0 Å². The number of hydrogen-bond acceptors (Lipinski definition) is 3. The Morgan fingerprint density at radius 3 is 2.75 bits per heavy atom. The fraction of sp³-hybridized carbons (Fsp3) is 0.444. The van der Waals surface area contributed by atoms with Gasteiger partial charge in [-0.2, -0.15) is 5.10 Å². The van der Waals surface area contributed by atoms with E-state index in [1.165, 1.54) is 11.1 Å². The summed E-state index contributed by atoms with van der Waals surface area (Å²) in [6.07, 6.45) is 5.66. The average Bonchev–Trinajstić information content (AvgIpc) is 3.12. The Balaban J connectivity index is 1.27. The lowest BCUT2D eigenvalue weighted by Gasteiger charge is -2.28. The third kappa shape index (κ3) is 4.83. The van der Waals surface area contributed by atoms with E-state index >= 15 is 0 Å². The quantitative estimate of drug-likeness (QED) is 0.760. The van der Waals surface area contributed by atoms with Crippen LogP contribution in [0.2, 0.25) is 0 Å². The third-order valence-electron chi connectivity index (χ3n) is 4.33. The van der Waals surface area contributed by atoms with Crippen LogP contribution in [0.25, 0.3) is 0 Å². The highest BCUT2D eigenvalue weighted by molar-refractivity contribution is 5.73. The Bertz CT molecular complexity index is 641. The minimum atomic E-state index is -0.0899. The van der Waals surface area contributed by atoms with Gasteiger partial charge in [-0.05, 0) is 30.0 Å². The van der Waals surface area contributed by atoms with Crippen molar-refractivity contribution < 1.29 is 4.79 Å². The van der Waals surface area contributed by atoms with E-state index in [2.05, 4.69) is 44.9 Å². The van der Waals surface area contributed by atoms with Gasteiger partial charge in [0.25, 0.3) is 0 Å². The number of carbonyl (C=O) groups excluding carboxylic acids is 1. The predicted molar refractivity (Wildman–Crippen MR) is 93.7 cm³/mol. The molecule has 1 aliphatic rings. The molecule has 2 heterocycles. The number of nitrogens with one attached hydrogen (secondary N) is 2. The van der Waals surface area contributed by atoms with E-state index in [1.54, 1.807) is 6.20 Å². The van der Waals surface area contributed by atoms with Gasteiger partial charge >= 0.3 is 6.03 Å². The predicted octanol–water partition coefficient (Wildman–Crippen LogP) is 1.63. The van der Waals surface area contributed by atoms with E-state index in [-0.39, 0.29) is 6.03 Å². The topological polar surface area (TPSA) is 62.2 Å². The standard InChI is InChI=1S/C18H25N5O/c24-18(19-8-3-11-23-12-4-9-21-23)20-10-14-22-13-7-16-5-1-2-6-17(16)15-22/h1-2,4-6,9,12H,3,7-8,10-11,13-15H2,(H2,19,20,24). The van der Waals surface area contributed by atoms with Gasteiger partial charge in [-0.15, -0.1) is 0 Å². The zero-order valence-electron chi connectivity index (χ0n) is 13.9. The Labute approximate surface area is 142 Å². The summed E-state index contributed by atoms with van der Waals surface area (Å²) < 4.78 is 1.87. The van der Waals surface area contributed by atoms with Gasteiger partial charge in [0.05, 0.1) is 0 Å². The lowest BCUT2D eigenvalue weighted by molar-refractivity contribution is 0.230. The van der Waals surface area contributed by atoms with Crippen molar-refractivity contribution in [3.8, 4) is 0 Å². The highest BCUT2D eigenvalue weighted by Crippen LogP contribution is 2.17. The highest BCUT2D eigenvalue weighted by Gasteiger charge is 2.15. The molecule has 0 atom stereocenters. The first kappa shape index (κ1) is 16.5. The lowest BCUT2D eigenvalue weighted by atomic mass is 10.00. The molecular weight excluding hydrogens is 302 g/mol. The second kappa shape index (κ2) is 8.49. The van der Waals surface area contributed by atoms with Crippen molar-refractivity contribution >= 4 is 6.03 Å². The van der Waals surface area contributed by atoms with E-state index in [0.29, 0.717) is 13.1 Å². The summed E-state index contributed by atoms with van der Waals surface area (Å²) >= 11 is 0. The molecule has 0 aliphatic carbocycles. The number of hydrogen-bond donors (Lipinski definition) is 2. The molecule has 0 spiro atoms. The number of fused-ring (bicyclic) bond motifs is 1. The first-order valence-electron chi connectivity index (χ1n) is 8.59. The number of amides is 2. The van der Waals surface area contributed by atoms with E-state index < -0.39 is 0 Å². The second-order valence-corrected chi connectivity index (χ2v) is 6.10. The van der Waals surface area contributed by atoms with Crippen LogP contribution in [0.4, 0.5) is 4.79 Å². The van der Waals surface area contributed by atoms with Gasteiger partial charge in [-0.3, -0.25) is 9.58 Å². The fourth-order valence-electron chi connectivity index (χ4n) is 3.01. The first-order valence-corrected chi connectivity index (χ1v) is 8.59. The number of benzene rings is 1. The van der Waals surface area contributed by atoms with Crippen molar-refractivity contribution in [1.29, 1.82) is 0 Å². The minimum absolute atomic E-state index is 0.0899. The largest absolute Gasteiger partial charge is 0.338 e. The fourth-order valence-corrected chi connectivity index (χ4v) is 3.01. The number of urea groups is 1. The van der Waals surface area contributed by atoms with E-state index in [0.717, 1.165) is 39.0 Å². The third-order valence-corrected chi connectivity index (χ3v) is 4.33. The monoisotopic (exact) mass is 327 g/mol. The van der Waals surface area contributed by atoms with E-state index in [4.69, 9.17) is 0 Å². The van der Waals surface area contributed by atoms with Crippen LogP contribution in [-0.2, 0) is 19.5 Å². The number of rotatable bonds is 7. The van der Waals surface area contributed by atoms with Crippen molar-refractivity contribution in [3.05, 3.63) is 53.9 Å². The molecule has 6 heteroatoms. The molecule has 0 unspecified atom stereocenters. The van der Waals surface area contributed by atoms with Gasteiger partial charge in [0.2, 0.25) is 0 Å². The summed E-state index contributed by atoms with van der Waals surface area (Å²) in [6, 6.07) is 10.4. The van der Waals surface area contributed by atoms with E-state index in [9.17, 15) is 4.79 Å². The van der Waals surface area contributed by atoms with E-state index in [1.807, 2.05) is 16.9 Å². The molecule has 2 amide bonds. The number of nitrogens with zero attached hydrogens (tertiary/aromatic N) is 3. The molecule has 0 saturated heterocycles. The van der Waals surface area contributed by atoms with Crippen LogP contribution < -0.4 is 10.6 Å². The van der Waals surface area contributed by atoms with Crippen molar-refractivity contribution in [1.82, 2.24) is 25.3 Å². The molecule has 1 aromatic carbocycles. The van der Waals surface area contributed by atoms with Crippen LogP contribution in [-0.4, -0.2) is 46.9 Å². The Hall–Kier alpha value is -2.34. The van der Waals surface area contributed by atoms with Crippen LogP contribution in [0.5, 0.6) is 0 Å². The van der Waals surface area contributed by atoms with Crippen LogP contribution >= 0.6 is 0 Å². The average molecular weight is 327 g/mol. The maximum Gasteiger partial charge on any atom is 0.314 e.